The lowest BCUT2D eigenvalue weighted by Gasteiger charge is -2.09. The number of carbonyl (C=O) groups excluding carboxylic acids is 4. The van der Waals surface area contributed by atoms with Gasteiger partial charge in [0.15, 0.2) is 11.6 Å². The van der Waals surface area contributed by atoms with Crippen molar-refractivity contribution in [1.82, 2.24) is 5.32 Å². The van der Waals surface area contributed by atoms with Gasteiger partial charge in [-0.15, -0.1) is 0 Å². The Morgan fingerprint density at radius 1 is 1.21 bits per heavy atom. The van der Waals surface area contributed by atoms with Gasteiger partial charge >= 0.3 is 6.03 Å². The number of ether oxygens (including phenoxy) is 1. The molecular formula is C17H20N2O5. The molecule has 128 valence electrons. The first-order chi connectivity index (χ1) is 11.6. The molecule has 1 aliphatic carbocycles. The summed E-state index contributed by atoms with van der Waals surface area (Å²) in [5, 5.41) is 5.22. The summed E-state index contributed by atoms with van der Waals surface area (Å²) in [7, 11) is 0. The number of nitrogens with one attached hydrogen (secondary N) is 2. The number of urea groups is 1. The summed E-state index contributed by atoms with van der Waals surface area (Å²) in [6, 6.07) is 3.95. The quantitative estimate of drug-likeness (QED) is 0.429. The van der Waals surface area contributed by atoms with Crippen molar-refractivity contribution in [2.45, 2.75) is 19.8 Å². The van der Waals surface area contributed by atoms with Gasteiger partial charge < -0.3 is 20.2 Å². The molecule has 2 amide bonds. The number of ketones is 2. The number of rotatable bonds is 8. The zero-order chi connectivity index (χ0) is 17.5. The molecule has 7 heteroatoms. The number of aldehydes is 1. The van der Waals surface area contributed by atoms with Crippen LogP contribution in [0.1, 0.15) is 40.5 Å². The van der Waals surface area contributed by atoms with E-state index in [0.717, 1.165) is 12.8 Å². The Morgan fingerprint density at radius 2 is 1.96 bits per heavy atom. The van der Waals surface area contributed by atoms with E-state index in [-0.39, 0.29) is 11.1 Å². The van der Waals surface area contributed by atoms with E-state index in [1.807, 2.05) is 0 Å². The van der Waals surface area contributed by atoms with Crippen molar-refractivity contribution >= 4 is 29.6 Å². The first-order valence-electron chi connectivity index (χ1n) is 7.88. The minimum absolute atomic E-state index is 0.165. The van der Waals surface area contributed by atoms with Gasteiger partial charge in [-0.05, 0) is 24.6 Å². The lowest BCUT2D eigenvalue weighted by Crippen LogP contribution is -2.31. The second-order valence-electron chi connectivity index (χ2n) is 5.45. The molecule has 2 rings (SSSR count). The van der Waals surface area contributed by atoms with Crippen molar-refractivity contribution in [1.29, 1.82) is 0 Å². The molecule has 1 unspecified atom stereocenters. The van der Waals surface area contributed by atoms with Crippen LogP contribution < -0.4 is 10.6 Å². The van der Waals surface area contributed by atoms with Crippen LogP contribution in [-0.4, -0.2) is 43.6 Å². The number of unbranched alkanes of at least 4 members (excludes halogenated alkanes) is 1. The van der Waals surface area contributed by atoms with Crippen LogP contribution >= 0.6 is 0 Å². The van der Waals surface area contributed by atoms with Gasteiger partial charge in [0.2, 0.25) is 0 Å². The monoisotopic (exact) mass is 332 g/mol. The van der Waals surface area contributed by atoms with Gasteiger partial charge in [-0.3, -0.25) is 9.59 Å². The zero-order valence-electron chi connectivity index (χ0n) is 13.5. The second kappa shape index (κ2) is 8.35. The molecule has 1 atom stereocenters. The molecule has 0 saturated heterocycles. The number of hydrogen-bond acceptors (Lipinski definition) is 5. The van der Waals surface area contributed by atoms with Gasteiger partial charge in [-0.25, -0.2) is 4.79 Å². The van der Waals surface area contributed by atoms with E-state index in [0.29, 0.717) is 31.7 Å². The fraction of sp³-hybridized carbons (Fsp3) is 0.412. The number of Topliss-reactive ketones (excluding diaryl/α,β-unsaturated/α-hetero) is 2. The Kier molecular flexibility index (Phi) is 6.20. The molecule has 0 aliphatic heterocycles. The van der Waals surface area contributed by atoms with E-state index in [1.165, 1.54) is 18.2 Å². The molecule has 0 spiro atoms. The van der Waals surface area contributed by atoms with Gasteiger partial charge in [-0.2, -0.15) is 0 Å². The van der Waals surface area contributed by atoms with Crippen LogP contribution in [0.4, 0.5) is 10.5 Å². The highest BCUT2D eigenvalue weighted by atomic mass is 16.5. The molecule has 1 aromatic rings. The molecule has 24 heavy (non-hydrogen) atoms. The van der Waals surface area contributed by atoms with Gasteiger partial charge in [0.25, 0.3) is 0 Å². The number of hydrogen-bond donors (Lipinski definition) is 2. The lowest BCUT2D eigenvalue weighted by molar-refractivity contribution is -0.108. The number of amides is 2. The minimum Gasteiger partial charge on any atom is -0.380 e. The fourth-order valence-corrected chi connectivity index (χ4v) is 2.38. The number of fused-ring (bicyclic) bond motifs is 1. The third-order valence-electron chi connectivity index (χ3n) is 3.68. The summed E-state index contributed by atoms with van der Waals surface area (Å²) < 4.78 is 5.33. The number of anilines is 1. The third kappa shape index (κ3) is 4.05. The highest BCUT2D eigenvalue weighted by molar-refractivity contribution is 6.32. The van der Waals surface area contributed by atoms with Crippen molar-refractivity contribution in [3.05, 3.63) is 29.3 Å². The van der Waals surface area contributed by atoms with Crippen molar-refractivity contribution < 1.29 is 23.9 Å². The zero-order valence-corrected chi connectivity index (χ0v) is 13.5. The van der Waals surface area contributed by atoms with Gasteiger partial charge in [0.05, 0.1) is 6.61 Å². The fourth-order valence-electron chi connectivity index (χ4n) is 2.38. The Bertz CT molecular complexity index is 656. The average Bonchev–Trinajstić information content (AvgIpc) is 2.81. The second-order valence-corrected chi connectivity index (χ2v) is 5.45. The van der Waals surface area contributed by atoms with Crippen LogP contribution in [0.15, 0.2) is 18.2 Å². The molecule has 2 N–H and O–H groups in total. The maximum absolute atomic E-state index is 12.0. The molecule has 1 aromatic carbocycles. The average molecular weight is 332 g/mol. The van der Waals surface area contributed by atoms with E-state index in [1.54, 1.807) is 0 Å². The Hall–Kier alpha value is -2.54. The summed E-state index contributed by atoms with van der Waals surface area (Å²) in [6.45, 7) is 3.52. The molecule has 0 bridgehead atoms. The number of carbonyl (C=O) groups is 4. The standard InChI is InChI=1S/C17H20N2O5/c1-2-3-7-24-8-6-18-17(23)19-11-4-5-12-13(9-11)16(22)14(10-20)15(12)21/h4-5,9-10,14H,2-3,6-8H2,1H3,(H2,18,19,23). The molecule has 0 heterocycles. The lowest BCUT2D eigenvalue weighted by atomic mass is 10.1. The van der Waals surface area contributed by atoms with Crippen LogP contribution in [0.2, 0.25) is 0 Å². The maximum Gasteiger partial charge on any atom is 0.319 e. The topological polar surface area (TPSA) is 102 Å². The van der Waals surface area contributed by atoms with Gasteiger partial charge in [-0.1, -0.05) is 13.3 Å². The summed E-state index contributed by atoms with van der Waals surface area (Å²) >= 11 is 0. The molecule has 7 nitrogen and oxygen atoms in total. The molecule has 0 fully saturated rings. The SMILES string of the molecule is CCCCOCCNC(=O)Nc1ccc2c(c1)C(=O)C(C=O)C2=O. The smallest absolute Gasteiger partial charge is 0.319 e. The molecule has 0 saturated carbocycles. The Labute approximate surface area is 139 Å². The van der Waals surface area contributed by atoms with Crippen molar-refractivity contribution in [2.75, 3.05) is 25.1 Å². The third-order valence-corrected chi connectivity index (χ3v) is 3.68. The van der Waals surface area contributed by atoms with Crippen LogP contribution in [0, 0.1) is 5.92 Å². The highest BCUT2D eigenvalue weighted by Crippen LogP contribution is 2.28. The molecule has 1 aliphatic rings. The summed E-state index contributed by atoms with van der Waals surface area (Å²) in [5.74, 6) is -2.28. The first kappa shape index (κ1) is 17.8. The van der Waals surface area contributed by atoms with Crippen molar-refractivity contribution in [2.24, 2.45) is 5.92 Å². The van der Waals surface area contributed by atoms with Crippen molar-refractivity contribution in [3.63, 3.8) is 0 Å². The molecular weight excluding hydrogens is 312 g/mol. The predicted molar refractivity (Wildman–Crippen MR) is 87.4 cm³/mol. The van der Waals surface area contributed by atoms with Gasteiger partial charge in [0.1, 0.15) is 12.2 Å². The largest absolute Gasteiger partial charge is 0.380 e. The Morgan fingerprint density at radius 3 is 2.67 bits per heavy atom. The van der Waals surface area contributed by atoms with E-state index in [9.17, 15) is 19.2 Å². The van der Waals surface area contributed by atoms with E-state index >= 15 is 0 Å². The van der Waals surface area contributed by atoms with Crippen LogP contribution in [0.3, 0.4) is 0 Å². The van der Waals surface area contributed by atoms with Gasteiger partial charge in [0, 0.05) is 30.0 Å². The maximum atomic E-state index is 12.0. The van der Waals surface area contributed by atoms with Crippen LogP contribution in [-0.2, 0) is 9.53 Å². The normalized spacial score (nSPS) is 16.0. The van der Waals surface area contributed by atoms with Crippen LogP contribution in [0.5, 0.6) is 0 Å². The highest BCUT2D eigenvalue weighted by Gasteiger charge is 2.38. The van der Waals surface area contributed by atoms with Crippen LogP contribution in [0.25, 0.3) is 0 Å². The minimum atomic E-state index is -1.26. The molecule has 0 radical (unpaired) electrons. The van der Waals surface area contributed by atoms with Crippen molar-refractivity contribution in [3.8, 4) is 0 Å². The summed E-state index contributed by atoms with van der Waals surface area (Å²) in [5.41, 5.74) is 0.760. The first-order valence-corrected chi connectivity index (χ1v) is 7.88. The molecule has 0 aromatic heterocycles. The number of benzene rings is 1. The summed E-state index contributed by atoms with van der Waals surface area (Å²) in [4.78, 5) is 46.5. The Balaban J connectivity index is 1.87. The van der Waals surface area contributed by atoms with E-state index in [2.05, 4.69) is 17.6 Å². The van der Waals surface area contributed by atoms with E-state index < -0.39 is 23.5 Å². The summed E-state index contributed by atoms with van der Waals surface area (Å²) in [6.07, 6.45) is 2.39. The predicted octanol–water partition coefficient (Wildman–Crippen LogP) is 1.82. The van der Waals surface area contributed by atoms with E-state index in [4.69, 9.17) is 4.74 Å².